The number of amides is 1. The van der Waals surface area contributed by atoms with Gasteiger partial charge in [0.05, 0.1) is 34.2 Å². The lowest BCUT2D eigenvalue weighted by Crippen LogP contribution is -2.39. The van der Waals surface area contributed by atoms with Crippen LogP contribution in [0.1, 0.15) is 23.2 Å². The molecular formula is C23H22ClN5O. The van der Waals surface area contributed by atoms with Crippen molar-refractivity contribution in [1.82, 2.24) is 24.6 Å². The lowest BCUT2D eigenvalue weighted by atomic mass is 9.96. The first kappa shape index (κ1) is 18.9. The van der Waals surface area contributed by atoms with E-state index < -0.39 is 0 Å². The molecule has 0 atom stereocenters. The molecule has 1 saturated heterocycles. The number of hydrogen-bond donors (Lipinski definition) is 1. The first-order valence-electron chi connectivity index (χ1n) is 10.2. The van der Waals surface area contributed by atoms with Crippen molar-refractivity contribution in [3.8, 4) is 11.3 Å². The Bertz CT molecular complexity index is 1180. The number of H-pyrrole nitrogens is 1. The Hall–Kier alpha value is -3.12. The number of likely N-dealkylation sites (tertiary alicyclic amines) is 1. The summed E-state index contributed by atoms with van der Waals surface area (Å²) >= 11 is 6.20. The molecule has 1 amide bonds. The zero-order chi connectivity index (χ0) is 20.5. The van der Waals surface area contributed by atoms with Crippen LogP contribution in [0.5, 0.6) is 0 Å². The van der Waals surface area contributed by atoms with Gasteiger partial charge in [-0.15, -0.1) is 0 Å². The van der Waals surface area contributed by atoms with Crippen LogP contribution in [-0.2, 0) is 6.54 Å². The molecule has 1 aliphatic rings. The molecule has 0 bridgehead atoms. The highest BCUT2D eigenvalue weighted by Crippen LogP contribution is 2.26. The highest BCUT2D eigenvalue weighted by Gasteiger charge is 2.25. The van der Waals surface area contributed by atoms with Gasteiger partial charge >= 0.3 is 0 Å². The van der Waals surface area contributed by atoms with E-state index in [0.29, 0.717) is 16.5 Å². The van der Waals surface area contributed by atoms with Gasteiger partial charge in [0, 0.05) is 43.0 Å². The van der Waals surface area contributed by atoms with Crippen molar-refractivity contribution in [2.24, 2.45) is 5.92 Å². The fourth-order valence-corrected chi connectivity index (χ4v) is 4.41. The van der Waals surface area contributed by atoms with Crippen LogP contribution in [0.15, 0.2) is 61.2 Å². The number of halogens is 1. The van der Waals surface area contributed by atoms with E-state index in [1.165, 1.54) is 5.39 Å². The largest absolute Gasteiger partial charge is 0.346 e. The van der Waals surface area contributed by atoms with Gasteiger partial charge < -0.3 is 9.47 Å². The molecule has 0 aliphatic carbocycles. The van der Waals surface area contributed by atoms with Crippen LogP contribution in [0.3, 0.4) is 0 Å². The van der Waals surface area contributed by atoms with E-state index in [1.807, 2.05) is 29.4 Å². The summed E-state index contributed by atoms with van der Waals surface area (Å²) < 4.78 is 2.28. The van der Waals surface area contributed by atoms with Crippen molar-refractivity contribution in [2.45, 2.75) is 19.4 Å². The number of aromatic nitrogens is 4. The fourth-order valence-electron chi connectivity index (χ4n) is 4.20. The minimum absolute atomic E-state index is 0.0291. The van der Waals surface area contributed by atoms with Gasteiger partial charge in [0.15, 0.2) is 0 Å². The van der Waals surface area contributed by atoms with Gasteiger partial charge in [-0.2, -0.15) is 5.10 Å². The molecule has 4 aromatic rings. The Morgan fingerprint density at radius 2 is 2.00 bits per heavy atom. The van der Waals surface area contributed by atoms with E-state index in [1.54, 1.807) is 18.3 Å². The maximum Gasteiger partial charge on any atom is 0.255 e. The molecule has 1 N–H and O–H groups in total. The Labute approximate surface area is 179 Å². The summed E-state index contributed by atoms with van der Waals surface area (Å²) in [6, 6.07) is 11.5. The van der Waals surface area contributed by atoms with Crippen molar-refractivity contribution in [3.63, 3.8) is 0 Å². The molecule has 1 aromatic carbocycles. The maximum atomic E-state index is 12.8. The molecule has 3 aromatic heterocycles. The van der Waals surface area contributed by atoms with E-state index in [0.717, 1.165) is 49.2 Å². The Morgan fingerprint density at radius 3 is 2.77 bits per heavy atom. The number of carbonyl (C=O) groups is 1. The van der Waals surface area contributed by atoms with Crippen LogP contribution >= 0.6 is 11.6 Å². The van der Waals surface area contributed by atoms with E-state index in [4.69, 9.17) is 11.6 Å². The number of benzene rings is 1. The number of carbonyl (C=O) groups excluding carboxylic acids is 1. The number of hydrogen-bond acceptors (Lipinski definition) is 3. The van der Waals surface area contributed by atoms with Crippen molar-refractivity contribution >= 4 is 28.4 Å². The second-order valence-electron chi connectivity index (χ2n) is 7.80. The topological polar surface area (TPSA) is 66.8 Å². The molecule has 30 heavy (non-hydrogen) atoms. The summed E-state index contributed by atoms with van der Waals surface area (Å²) in [6.45, 7) is 2.46. The third-order valence-corrected chi connectivity index (χ3v) is 6.24. The van der Waals surface area contributed by atoms with Gasteiger partial charge in [0.1, 0.15) is 0 Å². The smallest absolute Gasteiger partial charge is 0.255 e. The molecule has 5 rings (SSSR count). The average molecular weight is 420 g/mol. The molecule has 1 aliphatic heterocycles. The minimum atomic E-state index is 0.0291. The van der Waals surface area contributed by atoms with Gasteiger partial charge in [0.25, 0.3) is 5.91 Å². The number of rotatable bonds is 4. The molecule has 0 unspecified atom stereocenters. The molecule has 0 spiro atoms. The molecule has 4 heterocycles. The Morgan fingerprint density at radius 1 is 1.17 bits per heavy atom. The van der Waals surface area contributed by atoms with E-state index in [2.05, 4.69) is 38.1 Å². The number of pyridine rings is 1. The molecular weight excluding hydrogens is 398 g/mol. The Kier molecular flexibility index (Phi) is 5.01. The predicted molar refractivity (Wildman–Crippen MR) is 117 cm³/mol. The molecule has 1 fully saturated rings. The van der Waals surface area contributed by atoms with Crippen LogP contribution in [-0.4, -0.2) is 43.6 Å². The molecule has 152 valence electrons. The predicted octanol–water partition coefficient (Wildman–Crippen LogP) is 4.63. The van der Waals surface area contributed by atoms with Crippen LogP contribution in [0, 0.1) is 5.92 Å². The second kappa shape index (κ2) is 7.95. The van der Waals surface area contributed by atoms with Crippen molar-refractivity contribution in [2.75, 3.05) is 13.1 Å². The quantitative estimate of drug-likeness (QED) is 0.524. The molecule has 0 radical (unpaired) electrons. The summed E-state index contributed by atoms with van der Waals surface area (Å²) in [4.78, 5) is 19.3. The lowest BCUT2D eigenvalue weighted by molar-refractivity contribution is 0.0683. The first-order chi connectivity index (χ1) is 14.7. The molecule has 0 saturated carbocycles. The summed E-state index contributed by atoms with van der Waals surface area (Å²) in [7, 11) is 0. The zero-order valence-electron chi connectivity index (χ0n) is 16.5. The number of piperidine rings is 1. The first-order valence-corrected chi connectivity index (χ1v) is 10.5. The van der Waals surface area contributed by atoms with E-state index >= 15 is 0 Å². The van der Waals surface area contributed by atoms with E-state index in [9.17, 15) is 4.79 Å². The highest BCUT2D eigenvalue weighted by atomic mass is 35.5. The third kappa shape index (κ3) is 3.59. The number of nitrogens with zero attached hydrogens (tertiary/aromatic N) is 4. The number of aromatic amines is 1. The summed E-state index contributed by atoms with van der Waals surface area (Å²) in [5.74, 6) is 0.561. The minimum Gasteiger partial charge on any atom is -0.346 e. The second-order valence-corrected chi connectivity index (χ2v) is 8.21. The summed E-state index contributed by atoms with van der Waals surface area (Å²) in [5, 5.41) is 8.52. The Balaban J connectivity index is 1.25. The van der Waals surface area contributed by atoms with Gasteiger partial charge in [-0.25, -0.2) is 0 Å². The lowest BCUT2D eigenvalue weighted by Gasteiger charge is -2.32. The SMILES string of the molecule is O=C(c1ccccc1Cl)N1CCC(Cn2ccc3cc(-c4cn[nH]c4)ncc32)CC1. The van der Waals surface area contributed by atoms with Gasteiger partial charge in [-0.05, 0) is 43.0 Å². The van der Waals surface area contributed by atoms with Gasteiger partial charge in [-0.3, -0.25) is 14.9 Å². The summed E-state index contributed by atoms with van der Waals surface area (Å²) in [6.07, 6.45) is 9.67. The molecule has 7 heteroatoms. The van der Waals surface area contributed by atoms with Crippen molar-refractivity contribution < 1.29 is 4.79 Å². The van der Waals surface area contributed by atoms with Crippen molar-refractivity contribution in [1.29, 1.82) is 0 Å². The van der Waals surface area contributed by atoms with Crippen LogP contribution in [0.25, 0.3) is 22.2 Å². The van der Waals surface area contributed by atoms with Crippen LogP contribution in [0.4, 0.5) is 0 Å². The van der Waals surface area contributed by atoms with Crippen molar-refractivity contribution in [3.05, 3.63) is 71.8 Å². The van der Waals surface area contributed by atoms with E-state index in [-0.39, 0.29) is 5.91 Å². The number of nitrogens with one attached hydrogen (secondary N) is 1. The third-order valence-electron chi connectivity index (χ3n) is 5.91. The highest BCUT2D eigenvalue weighted by molar-refractivity contribution is 6.33. The fraction of sp³-hybridized carbons (Fsp3) is 0.261. The van der Waals surface area contributed by atoms with Gasteiger partial charge in [-0.1, -0.05) is 23.7 Å². The zero-order valence-corrected chi connectivity index (χ0v) is 17.2. The average Bonchev–Trinajstić information content (AvgIpc) is 3.44. The monoisotopic (exact) mass is 419 g/mol. The summed E-state index contributed by atoms with van der Waals surface area (Å²) in [5.41, 5.74) is 3.63. The standard InChI is InChI=1S/C23H22ClN5O/c24-20-4-2-1-3-19(20)23(30)28-8-5-16(6-9-28)15-29-10-7-17-11-21(25-14-22(17)29)18-12-26-27-13-18/h1-4,7,10-14,16H,5-6,8-9,15H2,(H,26,27). The van der Waals surface area contributed by atoms with Gasteiger partial charge in [0.2, 0.25) is 0 Å². The van der Waals surface area contributed by atoms with Crippen LogP contribution in [0.2, 0.25) is 5.02 Å². The molecule has 6 nitrogen and oxygen atoms in total. The van der Waals surface area contributed by atoms with Crippen LogP contribution < -0.4 is 0 Å². The number of fused-ring (bicyclic) bond motifs is 1. The maximum absolute atomic E-state index is 12.8. The normalized spacial score (nSPS) is 15.0.